The topological polar surface area (TPSA) is 101 Å². The summed E-state index contributed by atoms with van der Waals surface area (Å²) in [5.41, 5.74) is 2.74. The Bertz CT molecular complexity index is 1220. The van der Waals surface area contributed by atoms with Gasteiger partial charge in [0.2, 0.25) is 5.91 Å². The van der Waals surface area contributed by atoms with Crippen molar-refractivity contribution >= 4 is 44.4 Å². The van der Waals surface area contributed by atoms with Crippen LogP contribution in [-0.2, 0) is 4.79 Å². The van der Waals surface area contributed by atoms with Gasteiger partial charge in [-0.15, -0.1) is 0 Å². The van der Waals surface area contributed by atoms with E-state index in [0.717, 1.165) is 53.8 Å². The van der Waals surface area contributed by atoms with Crippen molar-refractivity contribution in [2.45, 2.75) is 6.92 Å². The Labute approximate surface area is 201 Å². The highest BCUT2D eigenvalue weighted by Gasteiger charge is 2.21. The number of fused-ring (bicyclic) bond motifs is 1. The number of carbonyl (C=O) groups excluding carboxylic acids is 1. The maximum Gasteiger partial charge on any atom is 0.270 e. The molecule has 1 fully saturated rings. The number of methoxy groups -OCH3 is 1. The number of non-ortho nitro benzene ring substituents is 1. The number of anilines is 1. The van der Waals surface area contributed by atoms with E-state index in [2.05, 4.69) is 28.1 Å². The lowest BCUT2D eigenvalue weighted by molar-refractivity contribution is -0.384. The molecule has 0 atom stereocenters. The third-order valence-corrected chi connectivity index (χ3v) is 7.04. The van der Waals surface area contributed by atoms with E-state index < -0.39 is 4.92 Å². The van der Waals surface area contributed by atoms with Gasteiger partial charge in [0.1, 0.15) is 11.3 Å². The van der Waals surface area contributed by atoms with Crippen molar-refractivity contribution < 1.29 is 14.5 Å². The van der Waals surface area contributed by atoms with Gasteiger partial charge in [-0.2, -0.15) is 0 Å². The number of nitro benzene ring substituents is 1. The molecule has 1 amide bonds. The fourth-order valence-electron chi connectivity index (χ4n) is 3.87. The predicted octanol–water partition coefficient (Wildman–Crippen LogP) is 3.47. The van der Waals surface area contributed by atoms with Gasteiger partial charge in [-0.3, -0.25) is 19.8 Å². The summed E-state index contributed by atoms with van der Waals surface area (Å²) in [7, 11) is 1.67. The second-order valence-electron chi connectivity index (χ2n) is 8.06. The van der Waals surface area contributed by atoms with Gasteiger partial charge in [0.25, 0.3) is 5.69 Å². The van der Waals surface area contributed by atoms with Crippen LogP contribution in [0.3, 0.4) is 0 Å². The van der Waals surface area contributed by atoms with Crippen LogP contribution in [0.25, 0.3) is 16.3 Å². The Kier molecular flexibility index (Phi) is 7.39. The van der Waals surface area contributed by atoms with E-state index in [1.54, 1.807) is 36.7 Å². The summed E-state index contributed by atoms with van der Waals surface area (Å²) in [4.78, 5) is 32.0. The van der Waals surface area contributed by atoms with Crippen molar-refractivity contribution in [1.29, 1.82) is 0 Å². The number of nitro groups is 1. The van der Waals surface area contributed by atoms with Gasteiger partial charge in [-0.25, -0.2) is 4.98 Å². The molecule has 10 heteroatoms. The molecule has 0 unspecified atom stereocenters. The lowest BCUT2D eigenvalue weighted by Crippen LogP contribution is -2.48. The first-order valence-corrected chi connectivity index (χ1v) is 11.9. The first-order valence-electron chi connectivity index (χ1n) is 11.1. The Morgan fingerprint density at radius 2 is 2.06 bits per heavy atom. The fourth-order valence-corrected chi connectivity index (χ4v) is 4.97. The van der Waals surface area contributed by atoms with Gasteiger partial charge in [0.05, 0.1) is 16.7 Å². The number of aromatic nitrogens is 1. The van der Waals surface area contributed by atoms with E-state index in [-0.39, 0.29) is 11.6 Å². The van der Waals surface area contributed by atoms with Crippen molar-refractivity contribution in [3.05, 3.63) is 63.7 Å². The summed E-state index contributed by atoms with van der Waals surface area (Å²) in [6.45, 7) is 6.93. The minimum absolute atomic E-state index is 0.00168. The predicted molar refractivity (Wildman–Crippen MR) is 135 cm³/mol. The lowest BCUT2D eigenvalue weighted by Gasteiger charge is -2.34. The zero-order chi connectivity index (χ0) is 24.1. The number of aryl methyl sites for hydroxylation is 1. The van der Waals surface area contributed by atoms with Gasteiger partial charge in [-0.1, -0.05) is 29.5 Å². The molecule has 1 saturated heterocycles. The zero-order valence-corrected chi connectivity index (χ0v) is 20.0. The van der Waals surface area contributed by atoms with Crippen LogP contribution in [0.5, 0.6) is 5.75 Å². The molecule has 3 aromatic rings. The second kappa shape index (κ2) is 10.6. The molecule has 1 aliphatic rings. The van der Waals surface area contributed by atoms with Crippen LogP contribution in [0.1, 0.15) is 11.1 Å². The molecule has 4 rings (SSSR count). The fraction of sp³-hybridized carbons (Fsp3) is 0.333. The van der Waals surface area contributed by atoms with E-state index in [0.29, 0.717) is 12.1 Å². The van der Waals surface area contributed by atoms with Gasteiger partial charge in [0.15, 0.2) is 5.13 Å². The van der Waals surface area contributed by atoms with Crippen LogP contribution in [0, 0.1) is 17.0 Å². The number of carbonyl (C=O) groups is 1. The zero-order valence-electron chi connectivity index (χ0n) is 19.2. The second-order valence-corrected chi connectivity index (χ2v) is 9.04. The summed E-state index contributed by atoms with van der Waals surface area (Å²) in [6, 6.07) is 10.2. The number of benzene rings is 2. The first kappa shape index (κ1) is 23.7. The lowest BCUT2D eigenvalue weighted by atomic mass is 10.2. The molecule has 0 saturated carbocycles. The highest BCUT2D eigenvalue weighted by molar-refractivity contribution is 7.22. The SMILES string of the molecule is COc1ccc(C)c2sc(N3CCN(CCNC(=O)/C=C/c4cccc([N+](=O)[O-])c4)CC3)nc12. The number of nitrogens with zero attached hydrogens (tertiary/aromatic N) is 4. The minimum atomic E-state index is -0.452. The number of thiazole rings is 1. The Balaban J connectivity index is 1.24. The summed E-state index contributed by atoms with van der Waals surface area (Å²) in [5.74, 6) is 0.584. The number of ether oxygens (including phenoxy) is 1. The number of rotatable bonds is 8. The summed E-state index contributed by atoms with van der Waals surface area (Å²) in [5, 5.41) is 14.7. The van der Waals surface area contributed by atoms with E-state index in [9.17, 15) is 14.9 Å². The number of hydrogen-bond acceptors (Lipinski definition) is 8. The van der Waals surface area contributed by atoms with Crippen molar-refractivity contribution in [1.82, 2.24) is 15.2 Å². The number of hydrogen-bond donors (Lipinski definition) is 1. The number of nitrogens with one attached hydrogen (secondary N) is 1. The molecule has 9 nitrogen and oxygen atoms in total. The normalized spacial score (nSPS) is 14.6. The number of amides is 1. The average Bonchev–Trinajstić information content (AvgIpc) is 3.30. The van der Waals surface area contributed by atoms with E-state index in [1.165, 1.54) is 23.8 Å². The third kappa shape index (κ3) is 5.52. The summed E-state index contributed by atoms with van der Waals surface area (Å²) >= 11 is 1.70. The molecule has 178 valence electrons. The smallest absolute Gasteiger partial charge is 0.270 e. The molecule has 2 heterocycles. The molecular weight excluding hydrogens is 454 g/mol. The molecular formula is C24H27N5O4S. The summed E-state index contributed by atoms with van der Waals surface area (Å²) in [6.07, 6.45) is 2.98. The van der Waals surface area contributed by atoms with Crippen LogP contribution in [0.4, 0.5) is 10.8 Å². The van der Waals surface area contributed by atoms with Crippen LogP contribution in [0.15, 0.2) is 42.5 Å². The van der Waals surface area contributed by atoms with E-state index >= 15 is 0 Å². The quantitative estimate of drug-likeness (QED) is 0.299. The van der Waals surface area contributed by atoms with Crippen molar-refractivity contribution in [3.8, 4) is 5.75 Å². The molecule has 34 heavy (non-hydrogen) atoms. The van der Waals surface area contributed by atoms with Crippen LogP contribution in [-0.4, -0.2) is 67.1 Å². The molecule has 1 aliphatic heterocycles. The maximum atomic E-state index is 12.1. The maximum absolute atomic E-state index is 12.1. The van der Waals surface area contributed by atoms with Crippen molar-refractivity contribution in [2.24, 2.45) is 0 Å². The average molecular weight is 482 g/mol. The standard InChI is InChI=1S/C24H27N5O4S/c1-17-6-8-20(33-2)22-23(17)34-24(26-22)28-14-12-27(13-15-28)11-10-25-21(30)9-7-18-4-3-5-19(16-18)29(31)32/h3-9,16H,10-15H2,1-2H3,(H,25,30)/b9-7+. The molecule has 1 aromatic heterocycles. The monoisotopic (exact) mass is 481 g/mol. The van der Waals surface area contributed by atoms with Crippen LogP contribution >= 0.6 is 11.3 Å². The van der Waals surface area contributed by atoms with Crippen molar-refractivity contribution in [2.75, 3.05) is 51.3 Å². The van der Waals surface area contributed by atoms with E-state index in [4.69, 9.17) is 9.72 Å². The Morgan fingerprint density at radius 1 is 1.26 bits per heavy atom. The highest BCUT2D eigenvalue weighted by Crippen LogP contribution is 2.36. The molecule has 0 bridgehead atoms. The third-order valence-electron chi connectivity index (χ3n) is 5.79. The largest absolute Gasteiger partial charge is 0.494 e. The Hall–Kier alpha value is -3.50. The van der Waals surface area contributed by atoms with E-state index in [1.807, 2.05) is 6.07 Å². The highest BCUT2D eigenvalue weighted by atomic mass is 32.1. The van der Waals surface area contributed by atoms with Crippen LogP contribution in [0.2, 0.25) is 0 Å². The van der Waals surface area contributed by atoms with Crippen molar-refractivity contribution in [3.63, 3.8) is 0 Å². The molecule has 0 radical (unpaired) electrons. The van der Waals surface area contributed by atoms with Gasteiger partial charge in [0, 0.05) is 57.5 Å². The summed E-state index contributed by atoms with van der Waals surface area (Å²) < 4.78 is 6.64. The minimum Gasteiger partial charge on any atom is -0.494 e. The Morgan fingerprint density at radius 3 is 2.79 bits per heavy atom. The van der Waals surface area contributed by atoms with Gasteiger partial charge in [-0.05, 0) is 30.2 Å². The number of piperazine rings is 1. The molecule has 1 N–H and O–H groups in total. The van der Waals surface area contributed by atoms with Gasteiger partial charge < -0.3 is 15.0 Å². The molecule has 0 aliphatic carbocycles. The molecule has 0 spiro atoms. The van der Waals surface area contributed by atoms with Crippen LogP contribution < -0.4 is 15.0 Å². The van der Waals surface area contributed by atoms with Gasteiger partial charge >= 0.3 is 0 Å². The first-order chi connectivity index (χ1) is 16.4. The molecule has 2 aromatic carbocycles.